The Balaban J connectivity index is 2.11. The quantitative estimate of drug-likeness (QED) is 0.454. The molecule has 0 atom stereocenters. The minimum Gasteiger partial charge on any atom is -0.286 e. The molecule has 6 heteroatoms. The van der Waals surface area contributed by atoms with E-state index in [0.717, 1.165) is 22.1 Å². The highest BCUT2D eigenvalue weighted by molar-refractivity contribution is 7.85. The summed E-state index contributed by atoms with van der Waals surface area (Å²) in [5.41, 5.74) is 3.63. The zero-order valence-electron chi connectivity index (χ0n) is 11.3. The Morgan fingerprint density at radius 2 is 1.48 bits per heavy atom. The average molecular weight is 303 g/mol. The second kappa shape index (κ2) is 5.38. The van der Waals surface area contributed by atoms with Gasteiger partial charge in [0.1, 0.15) is 11.0 Å². The van der Waals surface area contributed by atoms with Crippen LogP contribution in [-0.2, 0) is 16.7 Å². The lowest BCUT2D eigenvalue weighted by Crippen LogP contribution is -2.37. The third-order valence-electron chi connectivity index (χ3n) is 3.37. The van der Waals surface area contributed by atoms with Gasteiger partial charge in [-0.05, 0) is 12.1 Å². The Labute approximate surface area is 122 Å². The van der Waals surface area contributed by atoms with Crippen LogP contribution in [0.4, 0.5) is 0 Å². The molecule has 0 aliphatic heterocycles. The molecule has 0 aliphatic carbocycles. The Hall–Kier alpha value is -2.05. The molecular formula is C15H15N2O3S+. The van der Waals surface area contributed by atoms with E-state index in [1.54, 1.807) is 0 Å². The van der Waals surface area contributed by atoms with E-state index in [-0.39, 0.29) is 5.75 Å². The van der Waals surface area contributed by atoms with Crippen LogP contribution in [0.3, 0.4) is 0 Å². The molecule has 2 aromatic carbocycles. The van der Waals surface area contributed by atoms with Crippen molar-refractivity contribution in [3.05, 3.63) is 48.5 Å². The molecule has 0 saturated carbocycles. The molecule has 0 fully saturated rings. The highest BCUT2D eigenvalue weighted by atomic mass is 32.2. The normalized spacial score (nSPS) is 12.0. The SMILES string of the molecule is O=S(=O)(O)CCC[n+]1c2ccccc2nc2ccccc21. The van der Waals surface area contributed by atoms with Gasteiger partial charge in [-0.2, -0.15) is 13.0 Å². The van der Waals surface area contributed by atoms with Crippen LogP contribution in [0, 0.1) is 0 Å². The molecule has 5 nitrogen and oxygen atoms in total. The first-order valence-corrected chi connectivity index (χ1v) is 8.28. The lowest BCUT2D eigenvalue weighted by molar-refractivity contribution is -0.645. The number of rotatable bonds is 4. The summed E-state index contributed by atoms with van der Waals surface area (Å²) in [4.78, 5) is 4.61. The summed E-state index contributed by atoms with van der Waals surface area (Å²) in [7, 11) is -3.93. The second-order valence-corrected chi connectivity index (χ2v) is 6.45. The highest BCUT2D eigenvalue weighted by Crippen LogP contribution is 2.14. The molecule has 108 valence electrons. The summed E-state index contributed by atoms with van der Waals surface area (Å²) < 4.78 is 32.7. The Kier molecular flexibility index (Phi) is 3.57. The number of fused-ring (bicyclic) bond motifs is 2. The van der Waals surface area contributed by atoms with Crippen LogP contribution >= 0.6 is 0 Å². The number of hydrogen-bond donors (Lipinski definition) is 1. The van der Waals surface area contributed by atoms with Gasteiger partial charge in [0.25, 0.3) is 10.1 Å². The third kappa shape index (κ3) is 3.01. The van der Waals surface area contributed by atoms with E-state index < -0.39 is 10.1 Å². The summed E-state index contributed by atoms with van der Waals surface area (Å²) in [6.45, 7) is 0.503. The van der Waals surface area contributed by atoms with Crippen molar-refractivity contribution >= 4 is 32.2 Å². The summed E-state index contributed by atoms with van der Waals surface area (Å²) in [5.74, 6) is -0.245. The summed E-state index contributed by atoms with van der Waals surface area (Å²) in [5, 5.41) is 0. The zero-order chi connectivity index (χ0) is 14.9. The molecule has 0 unspecified atom stereocenters. The predicted octanol–water partition coefficient (Wildman–Crippen LogP) is 1.95. The molecule has 1 heterocycles. The first kappa shape index (κ1) is 13.9. The van der Waals surface area contributed by atoms with E-state index in [4.69, 9.17) is 4.55 Å². The van der Waals surface area contributed by atoms with Gasteiger partial charge in [0.2, 0.25) is 11.0 Å². The number of para-hydroxylation sites is 4. The number of nitrogens with zero attached hydrogens (tertiary/aromatic N) is 2. The Morgan fingerprint density at radius 1 is 0.952 bits per heavy atom. The van der Waals surface area contributed by atoms with Gasteiger partial charge in [-0.1, -0.05) is 24.3 Å². The van der Waals surface area contributed by atoms with Crippen molar-refractivity contribution in [3.8, 4) is 0 Å². The maximum atomic E-state index is 10.9. The van der Waals surface area contributed by atoms with E-state index in [2.05, 4.69) is 4.98 Å². The molecule has 1 aromatic heterocycles. The molecule has 0 bridgehead atoms. The molecule has 3 rings (SSSR count). The lowest BCUT2D eigenvalue weighted by atomic mass is 10.2. The van der Waals surface area contributed by atoms with Crippen molar-refractivity contribution in [2.75, 3.05) is 5.75 Å². The van der Waals surface area contributed by atoms with Crippen LogP contribution in [0.15, 0.2) is 48.5 Å². The van der Waals surface area contributed by atoms with Crippen LogP contribution < -0.4 is 4.57 Å². The molecular weight excluding hydrogens is 288 g/mol. The molecule has 1 N–H and O–H groups in total. The van der Waals surface area contributed by atoms with Crippen molar-refractivity contribution in [2.24, 2.45) is 0 Å². The fourth-order valence-electron chi connectivity index (χ4n) is 2.48. The van der Waals surface area contributed by atoms with Crippen molar-refractivity contribution < 1.29 is 17.5 Å². The summed E-state index contributed by atoms with van der Waals surface area (Å²) >= 11 is 0. The van der Waals surface area contributed by atoms with Gasteiger partial charge < -0.3 is 0 Å². The van der Waals surface area contributed by atoms with Gasteiger partial charge in [0.05, 0.1) is 5.75 Å². The predicted molar refractivity (Wildman–Crippen MR) is 80.5 cm³/mol. The minimum atomic E-state index is -3.93. The smallest absolute Gasteiger partial charge is 0.265 e. The molecule has 0 saturated heterocycles. The van der Waals surface area contributed by atoms with E-state index in [0.29, 0.717) is 13.0 Å². The summed E-state index contributed by atoms with van der Waals surface area (Å²) in [6, 6.07) is 15.5. The van der Waals surface area contributed by atoms with Crippen LogP contribution in [0.2, 0.25) is 0 Å². The lowest BCUT2D eigenvalue weighted by Gasteiger charge is -2.04. The Bertz CT molecular complexity index is 853. The average Bonchev–Trinajstić information content (AvgIpc) is 2.45. The fourth-order valence-corrected chi connectivity index (χ4v) is 2.97. The standard InChI is InChI=1S/C15H14N2O3S/c18-21(19,20)11-5-10-17-14-8-3-1-6-12(14)16-13-7-2-4-9-15(13)17/h1-4,6-9H,5,10-11H2/p+1. The van der Waals surface area contributed by atoms with E-state index in [1.807, 2.05) is 53.1 Å². The first-order chi connectivity index (χ1) is 10.0. The first-order valence-electron chi connectivity index (χ1n) is 6.67. The molecule has 0 aliphatic rings. The number of aromatic nitrogens is 2. The molecule has 21 heavy (non-hydrogen) atoms. The zero-order valence-corrected chi connectivity index (χ0v) is 12.1. The van der Waals surface area contributed by atoms with E-state index in [1.165, 1.54) is 0 Å². The van der Waals surface area contributed by atoms with Gasteiger partial charge in [0, 0.05) is 18.6 Å². The fraction of sp³-hybridized carbons (Fsp3) is 0.200. The van der Waals surface area contributed by atoms with Crippen molar-refractivity contribution in [3.63, 3.8) is 0 Å². The maximum Gasteiger partial charge on any atom is 0.265 e. The minimum absolute atomic E-state index is 0.245. The number of aryl methyl sites for hydroxylation is 1. The van der Waals surface area contributed by atoms with Gasteiger partial charge in [-0.3, -0.25) is 4.55 Å². The molecule has 3 aromatic rings. The van der Waals surface area contributed by atoms with Crippen molar-refractivity contribution in [1.82, 2.24) is 4.98 Å². The van der Waals surface area contributed by atoms with Crippen molar-refractivity contribution in [1.29, 1.82) is 0 Å². The topological polar surface area (TPSA) is 71.1 Å². The van der Waals surface area contributed by atoms with Crippen LogP contribution in [-0.4, -0.2) is 23.7 Å². The summed E-state index contributed by atoms with van der Waals surface area (Å²) in [6.07, 6.45) is 0.349. The van der Waals surface area contributed by atoms with Crippen molar-refractivity contribution in [2.45, 2.75) is 13.0 Å². The van der Waals surface area contributed by atoms with Gasteiger partial charge >= 0.3 is 0 Å². The number of benzene rings is 2. The third-order valence-corrected chi connectivity index (χ3v) is 4.17. The molecule has 0 spiro atoms. The van der Waals surface area contributed by atoms with Crippen LogP contribution in [0.1, 0.15) is 6.42 Å². The maximum absolute atomic E-state index is 10.9. The van der Waals surface area contributed by atoms with Gasteiger partial charge in [0.15, 0.2) is 6.54 Å². The van der Waals surface area contributed by atoms with E-state index in [9.17, 15) is 8.42 Å². The van der Waals surface area contributed by atoms with Crippen LogP contribution in [0.25, 0.3) is 22.1 Å². The van der Waals surface area contributed by atoms with Gasteiger partial charge in [-0.25, -0.2) is 4.98 Å². The number of hydrogen-bond acceptors (Lipinski definition) is 3. The highest BCUT2D eigenvalue weighted by Gasteiger charge is 2.16. The largest absolute Gasteiger partial charge is 0.286 e. The monoisotopic (exact) mass is 303 g/mol. The molecule has 0 radical (unpaired) electrons. The Morgan fingerprint density at radius 3 is 2.00 bits per heavy atom. The second-order valence-electron chi connectivity index (χ2n) is 4.88. The molecule has 0 amide bonds. The van der Waals surface area contributed by atoms with E-state index >= 15 is 0 Å². The van der Waals surface area contributed by atoms with Gasteiger partial charge in [-0.15, -0.1) is 0 Å². The van der Waals surface area contributed by atoms with Crippen LogP contribution in [0.5, 0.6) is 0 Å².